The Kier molecular flexibility index (Phi) is 2.70. The maximum absolute atomic E-state index is 9.75. The van der Waals surface area contributed by atoms with E-state index in [-0.39, 0.29) is 0 Å². The average molecular weight is 182 g/mol. The van der Waals surface area contributed by atoms with Crippen molar-refractivity contribution in [3.63, 3.8) is 0 Å². The van der Waals surface area contributed by atoms with E-state index in [2.05, 4.69) is 19.1 Å². The monoisotopic (exact) mass is 182 g/mol. The Balaban J connectivity index is 1.84. The molecule has 2 nitrogen and oxygen atoms in total. The lowest BCUT2D eigenvalue weighted by atomic mass is 9.93. The molecule has 0 heterocycles. The van der Waals surface area contributed by atoms with Crippen molar-refractivity contribution in [2.75, 3.05) is 6.61 Å². The minimum Gasteiger partial charge on any atom is -0.368 e. The van der Waals surface area contributed by atoms with Crippen molar-refractivity contribution in [2.24, 2.45) is 17.8 Å². The molecule has 0 spiro atoms. The van der Waals surface area contributed by atoms with Crippen LogP contribution in [-0.2, 0) is 4.74 Å². The van der Waals surface area contributed by atoms with Crippen LogP contribution in [-0.4, -0.2) is 18.0 Å². The van der Waals surface area contributed by atoms with Crippen LogP contribution in [0.4, 0.5) is 0 Å². The highest BCUT2D eigenvalue weighted by Gasteiger charge is 2.39. The topological polar surface area (TPSA) is 29.5 Å². The van der Waals surface area contributed by atoms with Crippen molar-refractivity contribution in [1.82, 2.24) is 0 Å². The van der Waals surface area contributed by atoms with Gasteiger partial charge in [-0.2, -0.15) is 0 Å². The van der Waals surface area contributed by atoms with Crippen LogP contribution in [0.15, 0.2) is 12.2 Å². The first-order valence-corrected chi connectivity index (χ1v) is 5.29. The lowest BCUT2D eigenvalue weighted by Crippen LogP contribution is -2.27. The lowest BCUT2D eigenvalue weighted by molar-refractivity contribution is -0.139. The molecule has 1 saturated carbocycles. The Morgan fingerprint density at radius 2 is 2.31 bits per heavy atom. The predicted molar refractivity (Wildman–Crippen MR) is 51.1 cm³/mol. The molecule has 0 aromatic carbocycles. The van der Waals surface area contributed by atoms with Gasteiger partial charge < -0.3 is 9.84 Å². The third kappa shape index (κ3) is 1.79. The van der Waals surface area contributed by atoms with E-state index in [1.807, 2.05) is 0 Å². The zero-order chi connectivity index (χ0) is 9.26. The summed E-state index contributed by atoms with van der Waals surface area (Å²) in [5.74, 6) is 1.66. The summed E-state index contributed by atoms with van der Waals surface area (Å²) in [5, 5.41) is 9.75. The standard InChI is InChI=1S/C11H18O2/c1-2-5-13-11(12)10-7-8-3-4-9(10)6-8/h3-4,8-12H,2,5-7H2,1H3. The van der Waals surface area contributed by atoms with Crippen LogP contribution in [0.2, 0.25) is 0 Å². The van der Waals surface area contributed by atoms with Gasteiger partial charge in [0.25, 0.3) is 0 Å². The van der Waals surface area contributed by atoms with Crippen LogP contribution >= 0.6 is 0 Å². The Bertz CT molecular complexity index is 200. The first-order chi connectivity index (χ1) is 6.31. The van der Waals surface area contributed by atoms with Crippen LogP contribution in [0, 0.1) is 17.8 Å². The minimum absolute atomic E-state index is 0.363. The fraction of sp³-hybridized carbons (Fsp3) is 0.818. The van der Waals surface area contributed by atoms with Gasteiger partial charge in [0.1, 0.15) is 0 Å². The van der Waals surface area contributed by atoms with E-state index in [0.29, 0.717) is 18.4 Å². The molecule has 0 aromatic heterocycles. The van der Waals surface area contributed by atoms with Crippen LogP contribution in [0.1, 0.15) is 26.2 Å². The van der Waals surface area contributed by atoms with Crippen molar-refractivity contribution in [2.45, 2.75) is 32.5 Å². The van der Waals surface area contributed by atoms with Gasteiger partial charge in [0.15, 0.2) is 6.29 Å². The van der Waals surface area contributed by atoms with Gasteiger partial charge in [0, 0.05) is 12.5 Å². The molecule has 1 N–H and O–H groups in total. The summed E-state index contributed by atoms with van der Waals surface area (Å²) in [7, 11) is 0. The summed E-state index contributed by atoms with van der Waals surface area (Å²) < 4.78 is 5.35. The maximum Gasteiger partial charge on any atom is 0.157 e. The zero-order valence-electron chi connectivity index (χ0n) is 8.15. The number of allylic oxidation sites excluding steroid dienone is 2. The molecule has 2 aliphatic carbocycles. The number of ether oxygens (including phenoxy) is 1. The number of hydrogen-bond acceptors (Lipinski definition) is 2. The van der Waals surface area contributed by atoms with Crippen LogP contribution < -0.4 is 0 Å². The molecule has 0 amide bonds. The smallest absolute Gasteiger partial charge is 0.157 e. The summed E-state index contributed by atoms with van der Waals surface area (Å²) in [6.07, 6.45) is 7.34. The highest BCUT2D eigenvalue weighted by Crippen LogP contribution is 2.45. The molecular formula is C11H18O2. The van der Waals surface area contributed by atoms with E-state index in [4.69, 9.17) is 4.74 Å². The highest BCUT2D eigenvalue weighted by molar-refractivity contribution is 5.10. The Morgan fingerprint density at radius 3 is 2.85 bits per heavy atom. The van der Waals surface area contributed by atoms with Crippen LogP contribution in [0.25, 0.3) is 0 Å². The molecule has 0 aromatic rings. The second-order valence-electron chi connectivity index (χ2n) is 4.21. The van der Waals surface area contributed by atoms with Gasteiger partial charge in [-0.25, -0.2) is 0 Å². The molecule has 74 valence electrons. The van der Waals surface area contributed by atoms with Gasteiger partial charge >= 0.3 is 0 Å². The van der Waals surface area contributed by atoms with Crippen molar-refractivity contribution in [3.8, 4) is 0 Å². The fourth-order valence-corrected chi connectivity index (χ4v) is 2.51. The summed E-state index contributed by atoms with van der Waals surface area (Å²) in [6, 6.07) is 0. The quantitative estimate of drug-likeness (QED) is 0.532. The SMILES string of the molecule is CCCOC(O)C1CC2C=CC1C2. The molecule has 0 radical (unpaired) electrons. The highest BCUT2D eigenvalue weighted by atomic mass is 16.6. The van der Waals surface area contributed by atoms with E-state index in [1.165, 1.54) is 6.42 Å². The van der Waals surface area contributed by atoms with Gasteiger partial charge in [-0.3, -0.25) is 0 Å². The molecule has 2 bridgehead atoms. The third-order valence-electron chi connectivity index (χ3n) is 3.19. The molecule has 2 rings (SSSR count). The largest absolute Gasteiger partial charge is 0.368 e. The number of rotatable bonds is 4. The minimum atomic E-state index is -0.528. The normalized spacial score (nSPS) is 38.5. The van der Waals surface area contributed by atoms with Crippen molar-refractivity contribution >= 4 is 0 Å². The molecule has 1 fully saturated rings. The van der Waals surface area contributed by atoms with E-state index < -0.39 is 6.29 Å². The maximum atomic E-state index is 9.75. The van der Waals surface area contributed by atoms with E-state index in [1.54, 1.807) is 0 Å². The third-order valence-corrected chi connectivity index (χ3v) is 3.19. The first-order valence-electron chi connectivity index (χ1n) is 5.29. The van der Waals surface area contributed by atoms with Crippen LogP contribution in [0.5, 0.6) is 0 Å². The number of aliphatic hydroxyl groups excluding tert-OH is 1. The van der Waals surface area contributed by atoms with E-state index in [0.717, 1.165) is 18.8 Å². The van der Waals surface area contributed by atoms with Crippen LogP contribution in [0.3, 0.4) is 0 Å². The van der Waals surface area contributed by atoms with Gasteiger partial charge in [-0.1, -0.05) is 19.1 Å². The van der Waals surface area contributed by atoms with Crippen molar-refractivity contribution in [1.29, 1.82) is 0 Å². The second kappa shape index (κ2) is 3.81. The summed E-state index contributed by atoms with van der Waals surface area (Å²) >= 11 is 0. The fourth-order valence-electron chi connectivity index (χ4n) is 2.51. The lowest BCUT2D eigenvalue weighted by Gasteiger charge is -2.23. The molecule has 0 saturated heterocycles. The van der Waals surface area contributed by atoms with Crippen molar-refractivity contribution < 1.29 is 9.84 Å². The number of fused-ring (bicyclic) bond motifs is 2. The molecule has 4 unspecified atom stereocenters. The molecule has 2 heteroatoms. The van der Waals surface area contributed by atoms with Gasteiger partial charge in [-0.15, -0.1) is 0 Å². The molecule has 13 heavy (non-hydrogen) atoms. The Morgan fingerprint density at radius 1 is 1.46 bits per heavy atom. The first kappa shape index (κ1) is 9.22. The van der Waals surface area contributed by atoms with Gasteiger partial charge in [0.05, 0.1) is 0 Å². The zero-order valence-corrected chi connectivity index (χ0v) is 8.15. The van der Waals surface area contributed by atoms with Gasteiger partial charge in [0.2, 0.25) is 0 Å². The number of hydrogen-bond donors (Lipinski definition) is 1. The summed E-state index contributed by atoms with van der Waals surface area (Å²) in [4.78, 5) is 0. The summed E-state index contributed by atoms with van der Waals surface area (Å²) in [5.41, 5.74) is 0. The molecule has 0 aliphatic heterocycles. The Hall–Kier alpha value is -0.340. The summed E-state index contributed by atoms with van der Waals surface area (Å²) in [6.45, 7) is 2.74. The van der Waals surface area contributed by atoms with E-state index >= 15 is 0 Å². The number of aliphatic hydroxyl groups is 1. The van der Waals surface area contributed by atoms with Crippen molar-refractivity contribution in [3.05, 3.63) is 12.2 Å². The molecular weight excluding hydrogens is 164 g/mol. The molecule has 4 atom stereocenters. The Labute approximate surface area is 79.6 Å². The molecule has 2 aliphatic rings. The van der Waals surface area contributed by atoms with Gasteiger partial charge in [-0.05, 0) is 31.1 Å². The average Bonchev–Trinajstić information content (AvgIpc) is 2.74. The van der Waals surface area contributed by atoms with E-state index in [9.17, 15) is 5.11 Å². The second-order valence-corrected chi connectivity index (χ2v) is 4.21. The predicted octanol–water partition coefficient (Wildman–Crippen LogP) is 1.94.